The summed E-state index contributed by atoms with van der Waals surface area (Å²) in [7, 11) is 0. The summed E-state index contributed by atoms with van der Waals surface area (Å²) in [4.78, 5) is 10.5. The highest BCUT2D eigenvalue weighted by atomic mass is 16.4. The molecule has 1 fully saturated rings. The first-order valence-corrected chi connectivity index (χ1v) is 5.83. The van der Waals surface area contributed by atoms with Gasteiger partial charge in [0.05, 0.1) is 0 Å². The molecule has 0 amide bonds. The largest absolute Gasteiger partial charge is 0.480 e. The SMILES string of the molecule is C[C@@H](NCC(N)C(=O)O)C1CCCCC1. The Morgan fingerprint density at radius 1 is 1.47 bits per heavy atom. The Bertz CT molecular complexity index is 203. The van der Waals surface area contributed by atoms with Gasteiger partial charge in [0.25, 0.3) is 0 Å². The molecule has 2 atom stereocenters. The highest BCUT2D eigenvalue weighted by molar-refractivity contribution is 5.73. The number of hydrogen-bond acceptors (Lipinski definition) is 3. The third kappa shape index (κ3) is 4.18. The number of carbonyl (C=O) groups is 1. The number of rotatable bonds is 5. The fourth-order valence-corrected chi connectivity index (χ4v) is 2.20. The van der Waals surface area contributed by atoms with Gasteiger partial charge < -0.3 is 16.2 Å². The normalized spacial score (nSPS) is 22.3. The van der Waals surface area contributed by atoms with Gasteiger partial charge in [-0.15, -0.1) is 0 Å². The van der Waals surface area contributed by atoms with Gasteiger partial charge >= 0.3 is 5.97 Å². The first-order valence-electron chi connectivity index (χ1n) is 5.83. The average molecular weight is 214 g/mol. The molecule has 0 saturated heterocycles. The summed E-state index contributed by atoms with van der Waals surface area (Å²) in [5.74, 6) is -0.238. The van der Waals surface area contributed by atoms with Crippen molar-refractivity contribution in [2.45, 2.75) is 51.1 Å². The zero-order valence-corrected chi connectivity index (χ0v) is 9.41. The molecule has 1 aliphatic rings. The van der Waals surface area contributed by atoms with Crippen LogP contribution in [0.2, 0.25) is 0 Å². The van der Waals surface area contributed by atoms with Gasteiger partial charge in [-0.25, -0.2) is 0 Å². The van der Waals surface area contributed by atoms with E-state index >= 15 is 0 Å². The molecule has 0 aliphatic heterocycles. The second-order valence-corrected chi connectivity index (χ2v) is 4.54. The molecular weight excluding hydrogens is 192 g/mol. The van der Waals surface area contributed by atoms with Gasteiger partial charge in [0.1, 0.15) is 6.04 Å². The Morgan fingerprint density at radius 3 is 2.60 bits per heavy atom. The van der Waals surface area contributed by atoms with Gasteiger partial charge in [-0.1, -0.05) is 19.3 Å². The van der Waals surface area contributed by atoms with Crippen LogP contribution < -0.4 is 11.1 Å². The molecule has 0 aromatic carbocycles. The van der Waals surface area contributed by atoms with Crippen molar-refractivity contribution in [1.82, 2.24) is 5.32 Å². The zero-order valence-electron chi connectivity index (χ0n) is 9.41. The lowest BCUT2D eigenvalue weighted by Crippen LogP contribution is -2.45. The maximum absolute atomic E-state index is 10.5. The molecule has 0 spiro atoms. The van der Waals surface area contributed by atoms with Gasteiger partial charge in [0.2, 0.25) is 0 Å². The fourth-order valence-electron chi connectivity index (χ4n) is 2.20. The van der Waals surface area contributed by atoms with Crippen LogP contribution in [-0.2, 0) is 4.79 Å². The minimum absolute atomic E-state index is 0.368. The minimum Gasteiger partial charge on any atom is -0.480 e. The Balaban J connectivity index is 2.22. The van der Waals surface area contributed by atoms with Crippen LogP contribution in [0.15, 0.2) is 0 Å². The van der Waals surface area contributed by atoms with E-state index in [1.165, 1.54) is 32.1 Å². The molecule has 1 unspecified atom stereocenters. The molecular formula is C11H22N2O2. The van der Waals surface area contributed by atoms with Crippen molar-refractivity contribution in [3.8, 4) is 0 Å². The Labute approximate surface area is 91.2 Å². The van der Waals surface area contributed by atoms with Crippen molar-refractivity contribution < 1.29 is 9.90 Å². The standard InChI is InChI=1S/C11H22N2O2/c1-8(9-5-3-2-4-6-9)13-7-10(12)11(14)15/h8-10,13H,2-7,12H2,1H3,(H,14,15)/t8-,10?/m1/s1. The van der Waals surface area contributed by atoms with E-state index in [1.807, 2.05) is 0 Å². The second-order valence-electron chi connectivity index (χ2n) is 4.54. The summed E-state index contributed by atoms with van der Waals surface area (Å²) >= 11 is 0. The van der Waals surface area contributed by atoms with E-state index in [2.05, 4.69) is 12.2 Å². The van der Waals surface area contributed by atoms with Crippen molar-refractivity contribution in [1.29, 1.82) is 0 Å². The van der Waals surface area contributed by atoms with E-state index in [1.54, 1.807) is 0 Å². The van der Waals surface area contributed by atoms with Gasteiger partial charge in [-0.3, -0.25) is 4.79 Å². The number of hydrogen-bond donors (Lipinski definition) is 3. The summed E-state index contributed by atoms with van der Waals surface area (Å²) in [5, 5.41) is 11.9. The van der Waals surface area contributed by atoms with Crippen LogP contribution in [0, 0.1) is 5.92 Å². The monoisotopic (exact) mass is 214 g/mol. The van der Waals surface area contributed by atoms with E-state index < -0.39 is 12.0 Å². The predicted molar refractivity (Wildman–Crippen MR) is 59.7 cm³/mol. The molecule has 0 heterocycles. The van der Waals surface area contributed by atoms with Crippen LogP contribution >= 0.6 is 0 Å². The van der Waals surface area contributed by atoms with Gasteiger partial charge in [0.15, 0.2) is 0 Å². The van der Waals surface area contributed by atoms with E-state index in [9.17, 15) is 4.79 Å². The minimum atomic E-state index is -0.932. The van der Waals surface area contributed by atoms with Gasteiger partial charge in [0, 0.05) is 12.6 Å². The fraction of sp³-hybridized carbons (Fsp3) is 0.909. The molecule has 0 bridgehead atoms. The van der Waals surface area contributed by atoms with Gasteiger partial charge in [-0.2, -0.15) is 0 Å². The van der Waals surface area contributed by atoms with Crippen LogP contribution in [0.5, 0.6) is 0 Å². The van der Waals surface area contributed by atoms with E-state index in [4.69, 9.17) is 10.8 Å². The van der Waals surface area contributed by atoms with E-state index in [0.29, 0.717) is 18.5 Å². The molecule has 88 valence electrons. The number of aliphatic carboxylic acids is 1. The summed E-state index contributed by atoms with van der Waals surface area (Å²) in [6, 6.07) is -0.397. The molecule has 0 aromatic rings. The lowest BCUT2D eigenvalue weighted by Gasteiger charge is -2.28. The first kappa shape index (κ1) is 12.5. The Hall–Kier alpha value is -0.610. The molecule has 4 N–H and O–H groups in total. The van der Waals surface area contributed by atoms with Crippen LogP contribution in [0.25, 0.3) is 0 Å². The zero-order chi connectivity index (χ0) is 11.3. The molecule has 0 aromatic heterocycles. The van der Waals surface area contributed by atoms with Gasteiger partial charge in [-0.05, 0) is 25.7 Å². The quantitative estimate of drug-likeness (QED) is 0.637. The van der Waals surface area contributed by atoms with Crippen LogP contribution in [0.4, 0.5) is 0 Å². The van der Waals surface area contributed by atoms with Crippen LogP contribution in [0.1, 0.15) is 39.0 Å². The average Bonchev–Trinajstić information content (AvgIpc) is 2.26. The molecule has 4 heteroatoms. The van der Waals surface area contributed by atoms with Crippen LogP contribution in [-0.4, -0.2) is 29.7 Å². The maximum Gasteiger partial charge on any atom is 0.321 e. The highest BCUT2D eigenvalue weighted by Crippen LogP contribution is 2.26. The molecule has 0 radical (unpaired) electrons. The predicted octanol–water partition coefficient (Wildman–Crippen LogP) is 0.957. The Morgan fingerprint density at radius 2 is 2.07 bits per heavy atom. The first-order chi connectivity index (χ1) is 7.11. The third-order valence-corrected chi connectivity index (χ3v) is 3.33. The summed E-state index contributed by atoms with van der Waals surface area (Å²) in [6.45, 7) is 2.50. The number of carboxylic acids is 1. The summed E-state index contributed by atoms with van der Waals surface area (Å²) < 4.78 is 0. The van der Waals surface area contributed by atoms with Crippen LogP contribution in [0.3, 0.4) is 0 Å². The maximum atomic E-state index is 10.5. The molecule has 15 heavy (non-hydrogen) atoms. The van der Waals surface area contributed by atoms with Crippen molar-refractivity contribution in [3.05, 3.63) is 0 Å². The number of nitrogens with one attached hydrogen (secondary N) is 1. The lowest BCUT2D eigenvalue weighted by molar-refractivity contribution is -0.138. The lowest BCUT2D eigenvalue weighted by atomic mass is 9.84. The van der Waals surface area contributed by atoms with Crippen molar-refractivity contribution in [3.63, 3.8) is 0 Å². The second kappa shape index (κ2) is 6.08. The topological polar surface area (TPSA) is 75.3 Å². The smallest absolute Gasteiger partial charge is 0.321 e. The van der Waals surface area contributed by atoms with Crippen molar-refractivity contribution >= 4 is 5.97 Å². The highest BCUT2D eigenvalue weighted by Gasteiger charge is 2.21. The van der Waals surface area contributed by atoms with Crippen molar-refractivity contribution in [2.75, 3.05) is 6.54 Å². The molecule has 4 nitrogen and oxygen atoms in total. The molecule has 1 aliphatic carbocycles. The Kier molecular flexibility index (Phi) is 5.05. The number of carboxylic acid groups (broad SMARTS) is 1. The summed E-state index contributed by atoms with van der Waals surface area (Å²) in [6.07, 6.45) is 6.48. The molecule has 1 saturated carbocycles. The third-order valence-electron chi connectivity index (χ3n) is 3.33. The number of nitrogens with two attached hydrogens (primary N) is 1. The van der Waals surface area contributed by atoms with E-state index in [0.717, 1.165) is 0 Å². The summed E-state index contributed by atoms with van der Waals surface area (Å²) in [5.41, 5.74) is 5.43. The van der Waals surface area contributed by atoms with Crippen molar-refractivity contribution in [2.24, 2.45) is 11.7 Å². The molecule has 1 rings (SSSR count). The van der Waals surface area contributed by atoms with E-state index in [-0.39, 0.29) is 0 Å².